The molecule has 3 aliphatic rings. The lowest BCUT2D eigenvalue weighted by atomic mass is 9.83. The van der Waals surface area contributed by atoms with Gasteiger partial charge in [-0.1, -0.05) is 6.07 Å². The number of nitrogens with zero attached hydrogens (tertiary/aromatic N) is 3. The molecule has 3 atom stereocenters. The molecule has 2 aromatic rings. The van der Waals surface area contributed by atoms with Gasteiger partial charge in [0.1, 0.15) is 11.8 Å². The molecule has 9 nitrogen and oxygen atoms in total. The number of hydrogen-bond donors (Lipinski definition) is 1. The Morgan fingerprint density at radius 3 is 2.77 bits per heavy atom. The fourth-order valence-corrected chi connectivity index (χ4v) is 5.01. The number of carbonyl (C=O) groups is 3. The number of aromatic nitrogens is 1. The van der Waals surface area contributed by atoms with E-state index in [1.54, 1.807) is 24.3 Å². The number of urea groups is 1. The topological polar surface area (TPSA) is 105 Å². The summed E-state index contributed by atoms with van der Waals surface area (Å²) in [5, 5.41) is 2.67. The van der Waals surface area contributed by atoms with Crippen LogP contribution in [-0.4, -0.2) is 51.3 Å². The summed E-state index contributed by atoms with van der Waals surface area (Å²) in [5.74, 6) is 0.583. The van der Waals surface area contributed by atoms with Gasteiger partial charge in [-0.05, 0) is 37.0 Å². The molecule has 4 amide bonds. The highest BCUT2D eigenvalue weighted by atomic mass is 16.3. The number of piperidine rings is 1. The van der Waals surface area contributed by atoms with Gasteiger partial charge >= 0.3 is 6.03 Å². The van der Waals surface area contributed by atoms with Crippen molar-refractivity contribution in [2.45, 2.75) is 44.3 Å². The van der Waals surface area contributed by atoms with Gasteiger partial charge in [0.2, 0.25) is 5.91 Å². The molecule has 2 unspecified atom stereocenters. The second-order valence-electron chi connectivity index (χ2n) is 8.54. The Morgan fingerprint density at radius 2 is 1.97 bits per heavy atom. The van der Waals surface area contributed by atoms with Gasteiger partial charge in [0.15, 0.2) is 0 Å². The van der Waals surface area contributed by atoms with Crippen molar-refractivity contribution in [3.8, 4) is 0 Å². The minimum Gasteiger partial charge on any atom is -0.467 e. The molecule has 2 aromatic heterocycles. The van der Waals surface area contributed by atoms with Crippen LogP contribution in [0.1, 0.15) is 36.6 Å². The summed E-state index contributed by atoms with van der Waals surface area (Å²) in [7, 11) is 0. The van der Waals surface area contributed by atoms with Crippen LogP contribution in [0.2, 0.25) is 0 Å². The monoisotopic (exact) mass is 424 g/mol. The molecule has 1 N–H and O–H groups in total. The number of nitrogens with one attached hydrogen (secondary N) is 1. The molecule has 0 aliphatic carbocycles. The smallest absolute Gasteiger partial charge is 0.325 e. The molecule has 0 aromatic carbocycles. The van der Waals surface area contributed by atoms with Crippen molar-refractivity contribution in [3.63, 3.8) is 0 Å². The van der Waals surface area contributed by atoms with E-state index in [4.69, 9.17) is 4.42 Å². The second kappa shape index (κ2) is 7.72. The van der Waals surface area contributed by atoms with Crippen LogP contribution in [0.3, 0.4) is 0 Å². The Hall–Kier alpha value is -3.36. The van der Waals surface area contributed by atoms with Crippen LogP contribution in [0, 0.1) is 5.92 Å². The van der Waals surface area contributed by atoms with Gasteiger partial charge in [-0.2, -0.15) is 0 Å². The molecular formula is C22H24N4O5. The Morgan fingerprint density at radius 1 is 1.10 bits per heavy atom. The van der Waals surface area contributed by atoms with Crippen LogP contribution in [0.25, 0.3) is 0 Å². The van der Waals surface area contributed by atoms with Gasteiger partial charge in [0.25, 0.3) is 11.5 Å². The average molecular weight is 424 g/mol. The van der Waals surface area contributed by atoms with E-state index in [0.29, 0.717) is 25.4 Å². The van der Waals surface area contributed by atoms with Crippen LogP contribution >= 0.6 is 0 Å². The van der Waals surface area contributed by atoms with Crippen LogP contribution in [0.4, 0.5) is 4.79 Å². The van der Waals surface area contributed by atoms with Crippen molar-refractivity contribution in [3.05, 3.63) is 58.4 Å². The van der Waals surface area contributed by atoms with E-state index in [1.165, 1.54) is 6.26 Å². The largest absolute Gasteiger partial charge is 0.467 e. The summed E-state index contributed by atoms with van der Waals surface area (Å²) in [6.45, 7) is 1.91. The van der Waals surface area contributed by atoms with Crippen molar-refractivity contribution in [2.24, 2.45) is 5.92 Å². The number of pyridine rings is 1. The normalized spacial score (nSPS) is 24.8. The van der Waals surface area contributed by atoms with Gasteiger partial charge in [-0.15, -0.1) is 0 Å². The fraction of sp³-hybridized carbons (Fsp3) is 0.455. The SMILES string of the molecule is O=C(CC[C@@H]1NC(=O)N(Cc2ccco2)C1=O)N1CC2CC(C1)c1cccc(=O)n1C2. The van der Waals surface area contributed by atoms with Crippen LogP contribution in [0.5, 0.6) is 0 Å². The first-order chi connectivity index (χ1) is 15.0. The highest BCUT2D eigenvalue weighted by molar-refractivity contribution is 6.04. The highest BCUT2D eigenvalue weighted by Crippen LogP contribution is 2.35. The van der Waals surface area contributed by atoms with Crippen molar-refractivity contribution in [1.82, 2.24) is 19.7 Å². The summed E-state index contributed by atoms with van der Waals surface area (Å²) in [4.78, 5) is 52.8. The Bertz CT molecular complexity index is 1080. The molecule has 0 spiro atoms. The maximum atomic E-state index is 12.9. The number of hydrogen-bond acceptors (Lipinski definition) is 5. The molecule has 3 aliphatic heterocycles. The van der Waals surface area contributed by atoms with Crippen molar-refractivity contribution in [2.75, 3.05) is 13.1 Å². The first kappa shape index (κ1) is 19.6. The summed E-state index contributed by atoms with van der Waals surface area (Å²) in [6.07, 6.45) is 2.92. The van der Waals surface area contributed by atoms with E-state index in [2.05, 4.69) is 5.32 Å². The second-order valence-corrected chi connectivity index (χ2v) is 8.54. The van der Waals surface area contributed by atoms with E-state index < -0.39 is 12.1 Å². The first-order valence-corrected chi connectivity index (χ1v) is 10.6. The van der Waals surface area contributed by atoms with Crippen LogP contribution in [0.15, 0.2) is 45.8 Å². The molecule has 162 valence electrons. The van der Waals surface area contributed by atoms with E-state index in [9.17, 15) is 19.2 Å². The Balaban J connectivity index is 1.19. The zero-order chi connectivity index (χ0) is 21.5. The lowest BCUT2D eigenvalue weighted by Crippen LogP contribution is -2.49. The van der Waals surface area contributed by atoms with Gasteiger partial charge in [-0.25, -0.2) is 4.79 Å². The molecule has 2 saturated heterocycles. The standard InChI is InChI=1S/C22H24N4O5/c27-19(7-6-17-21(29)26(22(30)23-17)13-16-3-2-8-31-16)24-10-14-9-15(12-24)18-4-1-5-20(28)25(18)11-14/h1-5,8,14-15,17H,6-7,9-13H2,(H,23,30)/t14?,15?,17-/m0/s1. The third-order valence-corrected chi connectivity index (χ3v) is 6.48. The van der Waals surface area contributed by atoms with E-state index >= 15 is 0 Å². The average Bonchev–Trinajstić information content (AvgIpc) is 3.36. The number of likely N-dealkylation sites (tertiary alicyclic amines) is 1. The number of furan rings is 1. The van der Waals surface area contributed by atoms with Crippen molar-refractivity contribution >= 4 is 17.8 Å². The van der Waals surface area contributed by atoms with E-state index in [0.717, 1.165) is 17.0 Å². The Kier molecular flexibility index (Phi) is 4.88. The molecule has 2 fully saturated rings. The van der Waals surface area contributed by atoms with Crippen LogP contribution in [-0.2, 0) is 22.7 Å². The molecule has 9 heteroatoms. The molecule has 0 saturated carbocycles. The number of imide groups is 1. The lowest BCUT2D eigenvalue weighted by molar-refractivity contribution is -0.134. The number of fused-ring (bicyclic) bond motifs is 4. The van der Waals surface area contributed by atoms with E-state index in [-0.39, 0.29) is 48.6 Å². The quantitative estimate of drug-likeness (QED) is 0.729. The maximum Gasteiger partial charge on any atom is 0.325 e. The third kappa shape index (κ3) is 3.64. The molecule has 5 heterocycles. The molecule has 0 radical (unpaired) electrons. The summed E-state index contributed by atoms with van der Waals surface area (Å²) >= 11 is 0. The predicted octanol–water partition coefficient (Wildman–Crippen LogP) is 1.29. The summed E-state index contributed by atoms with van der Waals surface area (Å²) < 4.78 is 7.05. The van der Waals surface area contributed by atoms with Gasteiger partial charge in [0.05, 0.1) is 12.8 Å². The molecular weight excluding hydrogens is 400 g/mol. The summed E-state index contributed by atoms with van der Waals surface area (Å²) in [6, 6.07) is 7.57. The summed E-state index contributed by atoms with van der Waals surface area (Å²) in [5.41, 5.74) is 1.01. The predicted molar refractivity (Wildman–Crippen MR) is 109 cm³/mol. The zero-order valence-corrected chi connectivity index (χ0v) is 17.0. The lowest BCUT2D eigenvalue weighted by Gasteiger charge is -2.42. The van der Waals surface area contributed by atoms with Gasteiger partial charge < -0.3 is 19.2 Å². The zero-order valence-electron chi connectivity index (χ0n) is 17.0. The van der Waals surface area contributed by atoms with Crippen molar-refractivity contribution < 1.29 is 18.8 Å². The Labute approximate surface area is 178 Å². The third-order valence-electron chi connectivity index (χ3n) is 6.48. The highest BCUT2D eigenvalue weighted by Gasteiger charge is 2.40. The van der Waals surface area contributed by atoms with Crippen molar-refractivity contribution in [1.29, 1.82) is 0 Å². The maximum absolute atomic E-state index is 12.9. The first-order valence-electron chi connectivity index (χ1n) is 10.6. The number of rotatable bonds is 5. The number of amides is 4. The van der Waals surface area contributed by atoms with Gasteiger partial charge in [0, 0.05) is 43.7 Å². The fourth-order valence-electron chi connectivity index (χ4n) is 5.01. The minimum absolute atomic E-state index is 0.0153. The van der Waals surface area contributed by atoms with Gasteiger partial charge in [-0.3, -0.25) is 19.3 Å². The minimum atomic E-state index is -0.699. The van der Waals surface area contributed by atoms with Crippen LogP contribution < -0.4 is 10.9 Å². The molecule has 2 bridgehead atoms. The molecule has 31 heavy (non-hydrogen) atoms. The number of carbonyl (C=O) groups excluding carboxylic acids is 3. The molecule has 5 rings (SSSR count). The van der Waals surface area contributed by atoms with E-state index in [1.807, 2.05) is 15.5 Å².